The first-order valence-corrected chi connectivity index (χ1v) is 10.3. The minimum absolute atomic E-state index is 0.0448. The SMILES string of the molecule is CCOCCC(=O)N1C[C@@H]2CN(C(=O)CN(C)C)[C@@H](c3ccccc3C)[C@@H]2C1. The zero-order valence-corrected chi connectivity index (χ0v) is 17.6. The maximum atomic E-state index is 13.0. The molecule has 0 unspecified atom stereocenters. The smallest absolute Gasteiger partial charge is 0.237 e. The molecule has 2 saturated heterocycles. The normalized spacial score (nSPS) is 24.1. The van der Waals surface area contributed by atoms with Crippen molar-refractivity contribution >= 4 is 11.8 Å². The van der Waals surface area contributed by atoms with E-state index in [2.05, 4.69) is 24.0 Å². The quantitative estimate of drug-likeness (QED) is 0.671. The Hall–Kier alpha value is -1.92. The minimum atomic E-state index is 0.0448. The van der Waals surface area contributed by atoms with Crippen LogP contribution in [0.15, 0.2) is 24.3 Å². The molecule has 0 aliphatic carbocycles. The van der Waals surface area contributed by atoms with Gasteiger partial charge in [-0.2, -0.15) is 0 Å². The molecule has 1 aromatic rings. The van der Waals surface area contributed by atoms with Crippen molar-refractivity contribution in [3.8, 4) is 0 Å². The molecule has 0 radical (unpaired) electrons. The summed E-state index contributed by atoms with van der Waals surface area (Å²) >= 11 is 0. The number of amides is 2. The first kappa shape index (κ1) is 20.8. The monoisotopic (exact) mass is 387 g/mol. The van der Waals surface area contributed by atoms with Gasteiger partial charge in [-0.05, 0) is 39.1 Å². The molecule has 0 aromatic heterocycles. The third-order valence-corrected chi connectivity index (χ3v) is 5.96. The molecular weight excluding hydrogens is 354 g/mol. The van der Waals surface area contributed by atoms with E-state index in [4.69, 9.17) is 4.74 Å². The van der Waals surface area contributed by atoms with Crippen LogP contribution in [0.5, 0.6) is 0 Å². The van der Waals surface area contributed by atoms with Crippen LogP contribution >= 0.6 is 0 Å². The van der Waals surface area contributed by atoms with Crippen molar-refractivity contribution in [3.63, 3.8) is 0 Å². The maximum absolute atomic E-state index is 13.0. The third-order valence-electron chi connectivity index (χ3n) is 5.96. The molecule has 2 aliphatic heterocycles. The summed E-state index contributed by atoms with van der Waals surface area (Å²) in [6.45, 7) is 7.77. The molecule has 0 saturated carbocycles. The van der Waals surface area contributed by atoms with E-state index in [-0.39, 0.29) is 17.9 Å². The molecule has 0 bridgehead atoms. The number of likely N-dealkylation sites (N-methyl/N-ethyl adjacent to an activating group) is 1. The second kappa shape index (κ2) is 9.05. The van der Waals surface area contributed by atoms with Crippen molar-refractivity contribution in [3.05, 3.63) is 35.4 Å². The number of fused-ring (bicyclic) bond motifs is 1. The molecule has 2 aliphatic rings. The fraction of sp³-hybridized carbons (Fsp3) is 0.636. The summed E-state index contributed by atoms with van der Waals surface area (Å²) in [5.41, 5.74) is 2.42. The zero-order chi connectivity index (χ0) is 20.3. The molecule has 3 atom stereocenters. The van der Waals surface area contributed by atoms with Gasteiger partial charge in [0, 0.05) is 38.1 Å². The number of carbonyl (C=O) groups is 2. The van der Waals surface area contributed by atoms with Gasteiger partial charge in [0.2, 0.25) is 11.8 Å². The van der Waals surface area contributed by atoms with Gasteiger partial charge < -0.3 is 19.4 Å². The molecular formula is C22H33N3O3. The first-order valence-electron chi connectivity index (χ1n) is 10.3. The molecule has 0 spiro atoms. The van der Waals surface area contributed by atoms with E-state index >= 15 is 0 Å². The number of hydrogen-bond acceptors (Lipinski definition) is 4. The highest BCUT2D eigenvalue weighted by Gasteiger charge is 2.50. The Morgan fingerprint density at radius 1 is 1.14 bits per heavy atom. The Bertz CT molecular complexity index is 706. The molecule has 2 amide bonds. The Kier molecular flexibility index (Phi) is 6.73. The van der Waals surface area contributed by atoms with Gasteiger partial charge in [0.15, 0.2) is 0 Å². The average Bonchev–Trinajstić information content (AvgIpc) is 3.20. The number of aryl methyl sites for hydroxylation is 1. The number of nitrogens with zero attached hydrogens (tertiary/aromatic N) is 3. The lowest BCUT2D eigenvalue weighted by Gasteiger charge is -2.31. The van der Waals surface area contributed by atoms with Crippen molar-refractivity contribution < 1.29 is 14.3 Å². The fourth-order valence-electron chi connectivity index (χ4n) is 4.65. The van der Waals surface area contributed by atoms with Gasteiger partial charge in [-0.3, -0.25) is 9.59 Å². The van der Waals surface area contributed by atoms with Crippen molar-refractivity contribution in [2.45, 2.75) is 26.3 Å². The van der Waals surface area contributed by atoms with Crippen LogP contribution < -0.4 is 0 Å². The van der Waals surface area contributed by atoms with Crippen LogP contribution in [0, 0.1) is 18.8 Å². The maximum Gasteiger partial charge on any atom is 0.237 e. The summed E-state index contributed by atoms with van der Waals surface area (Å²) in [7, 11) is 3.85. The number of ether oxygens (including phenoxy) is 1. The third kappa shape index (κ3) is 4.39. The van der Waals surface area contributed by atoms with Crippen molar-refractivity contribution in [2.24, 2.45) is 11.8 Å². The summed E-state index contributed by atoms with van der Waals surface area (Å²) in [5.74, 6) is 0.967. The largest absolute Gasteiger partial charge is 0.381 e. The Balaban J connectivity index is 1.79. The molecule has 6 nitrogen and oxygen atoms in total. The number of hydrogen-bond donors (Lipinski definition) is 0. The number of benzene rings is 1. The van der Waals surface area contributed by atoms with E-state index in [1.54, 1.807) is 0 Å². The average molecular weight is 388 g/mol. The van der Waals surface area contributed by atoms with Gasteiger partial charge in [0.05, 0.1) is 25.6 Å². The highest BCUT2D eigenvalue weighted by molar-refractivity contribution is 5.80. The van der Waals surface area contributed by atoms with E-state index in [1.807, 2.05) is 43.0 Å². The molecule has 3 rings (SSSR count). The highest BCUT2D eigenvalue weighted by atomic mass is 16.5. The molecule has 2 fully saturated rings. The van der Waals surface area contributed by atoms with Crippen LogP contribution in [0.3, 0.4) is 0 Å². The van der Waals surface area contributed by atoms with E-state index in [0.717, 1.165) is 19.6 Å². The van der Waals surface area contributed by atoms with Gasteiger partial charge in [-0.1, -0.05) is 24.3 Å². The van der Waals surface area contributed by atoms with Crippen LogP contribution in [0.2, 0.25) is 0 Å². The van der Waals surface area contributed by atoms with Crippen LogP contribution in [-0.2, 0) is 14.3 Å². The van der Waals surface area contributed by atoms with Crippen molar-refractivity contribution in [1.82, 2.24) is 14.7 Å². The van der Waals surface area contributed by atoms with E-state index in [9.17, 15) is 9.59 Å². The summed E-state index contributed by atoms with van der Waals surface area (Å²) in [6, 6.07) is 8.37. The van der Waals surface area contributed by atoms with Crippen LogP contribution in [0.1, 0.15) is 30.5 Å². The van der Waals surface area contributed by atoms with E-state index in [0.29, 0.717) is 38.0 Å². The molecule has 6 heteroatoms. The van der Waals surface area contributed by atoms with Gasteiger partial charge in [0.1, 0.15) is 0 Å². The van der Waals surface area contributed by atoms with E-state index in [1.165, 1.54) is 11.1 Å². The Labute approximate surface area is 168 Å². The summed E-state index contributed by atoms with van der Waals surface area (Å²) in [6.07, 6.45) is 0.436. The lowest BCUT2D eigenvalue weighted by atomic mass is 9.87. The minimum Gasteiger partial charge on any atom is -0.381 e. The molecule has 2 heterocycles. The van der Waals surface area contributed by atoms with Gasteiger partial charge in [0.25, 0.3) is 0 Å². The Morgan fingerprint density at radius 3 is 2.57 bits per heavy atom. The molecule has 28 heavy (non-hydrogen) atoms. The lowest BCUT2D eigenvalue weighted by molar-refractivity contribution is -0.134. The van der Waals surface area contributed by atoms with Gasteiger partial charge >= 0.3 is 0 Å². The molecule has 0 N–H and O–H groups in total. The highest BCUT2D eigenvalue weighted by Crippen LogP contribution is 2.45. The Morgan fingerprint density at radius 2 is 1.89 bits per heavy atom. The number of carbonyl (C=O) groups excluding carboxylic acids is 2. The molecule has 154 valence electrons. The van der Waals surface area contributed by atoms with Crippen molar-refractivity contribution in [2.75, 3.05) is 53.5 Å². The predicted octanol–water partition coefficient (Wildman–Crippen LogP) is 1.94. The fourth-order valence-corrected chi connectivity index (χ4v) is 4.65. The van der Waals surface area contributed by atoms with Crippen LogP contribution in [0.4, 0.5) is 0 Å². The predicted molar refractivity (Wildman–Crippen MR) is 109 cm³/mol. The summed E-state index contributed by atoms with van der Waals surface area (Å²) in [5, 5.41) is 0. The number of rotatable bonds is 7. The number of likely N-dealkylation sites (tertiary alicyclic amines) is 2. The standard InChI is InChI=1S/C22H33N3O3/c1-5-28-11-10-20(26)24-12-17-13-25(21(27)15-23(3)4)22(19(17)14-24)18-9-7-6-8-16(18)2/h6-9,17,19,22H,5,10-15H2,1-4H3/t17-,19-,22+/m1/s1. The second-order valence-electron chi connectivity index (χ2n) is 8.25. The zero-order valence-electron chi connectivity index (χ0n) is 17.6. The topological polar surface area (TPSA) is 53.1 Å². The lowest BCUT2D eigenvalue weighted by Crippen LogP contribution is -2.41. The molecule has 1 aromatic carbocycles. The van der Waals surface area contributed by atoms with Crippen LogP contribution in [0.25, 0.3) is 0 Å². The van der Waals surface area contributed by atoms with Crippen LogP contribution in [-0.4, -0.2) is 80.0 Å². The van der Waals surface area contributed by atoms with Crippen molar-refractivity contribution in [1.29, 1.82) is 0 Å². The van der Waals surface area contributed by atoms with E-state index < -0.39 is 0 Å². The first-order chi connectivity index (χ1) is 13.4. The van der Waals surface area contributed by atoms with Gasteiger partial charge in [-0.15, -0.1) is 0 Å². The second-order valence-corrected chi connectivity index (χ2v) is 8.25. The summed E-state index contributed by atoms with van der Waals surface area (Å²) in [4.78, 5) is 31.5. The summed E-state index contributed by atoms with van der Waals surface area (Å²) < 4.78 is 5.34. The van der Waals surface area contributed by atoms with Gasteiger partial charge in [-0.25, -0.2) is 0 Å².